The molecule has 0 amide bonds. The van der Waals surface area contributed by atoms with E-state index in [1.165, 1.54) is 6.92 Å². The van der Waals surface area contributed by atoms with Gasteiger partial charge in [-0.05, 0) is 0 Å². The number of nitrogens with one attached hydrogen (secondary N) is 1. The van der Waals surface area contributed by atoms with Gasteiger partial charge in [-0.2, -0.15) is 0 Å². The lowest BCUT2D eigenvalue weighted by Gasteiger charge is -2.10. The maximum atomic E-state index is 7.07. The second-order valence-electron chi connectivity index (χ2n) is 1.32. The highest BCUT2D eigenvalue weighted by atomic mass is 14.9. The zero-order valence-corrected chi connectivity index (χ0v) is 4.15. The highest BCUT2D eigenvalue weighted by Gasteiger charge is 1.92. The number of rotatable bonds is 2. The van der Waals surface area contributed by atoms with E-state index < -0.39 is 32.6 Å². The Morgan fingerprint density at radius 2 is 1.86 bits per heavy atom. The van der Waals surface area contributed by atoms with Crippen LogP contribution >= 0.6 is 0 Å². The van der Waals surface area contributed by atoms with Crippen LogP contribution in [0.25, 0.3) is 0 Å². The Morgan fingerprint density at radius 3 is 2.29 bits per heavy atom. The average molecular weight is 110 g/mol. The predicted octanol–water partition coefficient (Wildman–Crippen LogP) is 1.39. The van der Waals surface area contributed by atoms with Gasteiger partial charge in [-0.25, -0.2) is 0 Å². The van der Waals surface area contributed by atoms with Gasteiger partial charge in [0, 0.05) is 24.4 Å². The van der Waals surface area contributed by atoms with Crippen LogP contribution in [-0.2, 0) is 0 Å². The van der Waals surface area contributed by atoms with Crippen molar-refractivity contribution in [3.05, 3.63) is 0 Å². The van der Waals surface area contributed by atoms with Gasteiger partial charge in [-0.3, -0.25) is 0 Å². The molecule has 0 aromatic rings. The topological polar surface area (TPSA) is 12.0 Å². The van der Waals surface area contributed by atoms with Gasteiger partial charge in [-0.1, -0.05) is 27.5 Å². The minimum Gasteiger partial charge on any atom is -0.312 e. The molecule has 1 atom stereocenters. The lowest BCUT2D eigenvalue weighted by Crippen LogP contribution is -2.29. The standard InChI is InChI=1S/C6H15N/c1-5(2)7-6(3)4/h5-7H,1-4H3/i1D3,2D3,3D3. The van der Waals surface area contributed by atoms with E-state index in [9.17, 15) is 0 Å². The van der Waals surface area contributed by atoms with Crippen LogP contribution in [0.4, 0.5) is 0 Å². The third-order valence-corrected chi connectivity index (χ3v) is 0.417. The van der Waals surface area contributed by atoms with Gasteiger partial charge in [0.15, 0.2) is 0 Å². The molecule has 0 saturated carbocycles. The Bertz CT molecular complexity index is 210. The van der Waals surface area contributed by atoms with Crippen LogP contribution in [0.2, 0.25) is 0 Å². The molecule has 0 aliphatic carbocycles. The van der Waals surface area contributed by atoms with Crippen LogP contribution in [0, 0.1) is 0 Å². The van der Waals surface area contributed by atoms with Crippen LogP contribution in [0.15, 0.2) is 0 Å². The molecule has 0 bridgehead atoms. The van der Waals surface area contributed by atoms with Gasteiger partial charge in [0.1, 0.15) is 0 Å². The molecule has 0 aliphatic heterocycles. The van der Waals surface area contributed by atoms with Gasteiger partial charge in [0.2, 0.25) is 0 Å². The molecule has 0 saturated heterocycles. The highest BCUT2D eigenvalue weighted by molar-refractivity contribution is 4.55. The van der Waals surface area contributed by atoms with Crippen LogP contribution < -0.4 is 5.32 Å². The van der Waals surface area contributed by atoms with E-state index >= 15 is 0 Å². The van der Waals surface area contributed by atoms with E-state index in [1.807, 2.05) is 0 Å². The summed E-state index contributed by atoms with van der Waals surface area (Å²) in [5, 5.41) is 2.15. The van der Waals surface area contributed by atoms with Crippen molar-refractivity contribution in [3.63, 3.8) is 0 Å². The summed E-state index contributed by atoms with van der Waals surface area (Å²) in [6.45, 7) is -6.75. The monoisotopic (exact) mass is 110 g/mol. The first-order valence-corrected chi connectivity index (χ1v) is 2.02. The Labute approximate surface area is 58.8 Å². The normalized spacial score (nSPS) is 39.4. The summed E-state index contributed by atoms with van der Waals surface area (Å²) in [4.78, 5) is 0. The molecule has 0 radical (unpaired) electrons. The van der Waals surface area contributed by atoms with Crippen molar-refractivity contribution in [3.8, 4) is 0 Å². The minimum atomic E-state index is -2.77. The van der Waals surface area contributed by atoms with E-state index in [2.05, 4.69) is 5.32 Å². The summed E-state index contributed by atoms with van der Waals surface area (Å²) in [5.41, 5.74) is 0. The summed E-state index contributed by atoms with van der Waals surface area (Å²) in [7, 11) is 0. The number of hydrogen-bond donors (Lipinski definition) is 1. The molecular formula is C6H15N. The average Bonchev–Trinajstić information content (AvgIpc) is 1.92. The molecule has 1 nitrogen and oxygen atoms in total. The molecule has 0 heterocycles. The minimum absolute atomic E-state index is 1.20. The maximum absolute atomic E-state index is 7.07. The lowest BCUT2D eigenvalue weighted by atomic mass is 10.3. The van der Waals surface area contributed by atoms with Crippen molar-refractivity contribution < 1.29 is 12.3 Å². The summed E-state index contributed by atoms with van der Waals surface area (Å²) in [5.74, 6) is 0. The molecule has 1 heteroatoms. The molecule has 0 aromatic carbocycles. The fraction of sp³-hybridized carbons (Fsp3) is 1.00. The van der Waals surface area contributed by atoms with E-state index in [-0.39, 0.29) is 0 Å². The first-order valence-electron chi connectivity index (χ1n) is 6.52. The summed E-state index contributed by atoms with van der Waals surface area (Å²) < 4.78 is 63.5. The molecule has 44 valence electrons. The Balaban J connectivity index is 4.85. The smallest absolute Gasteiger partial charge is 0.0246 e. The Morgan fingerprint density at radius 1 is 1.29 bits per heavy atom. The van der Waals surface area contributed by atoms with Gasteiger partial charge in [-0.15, -0.1) is 0 Å². The summed E-state index contributed by atoms with van der Waals surface area (Å²) >= 11 is 0. The summed E-state index contributed by atoms with van der Waals surface area (Å²) in [6.07, 6.45) is 0. The zero-order valence-electron chi connectivity index (χ0n) is 13.2. The molecule has 7 heavy (non-hydrogen) atoms. The van der Waals surface area contributed by atoms with E-state index in [0.29, 0.717) is 0 Å². The van der Waals surface area contributed by atoms with Gasteiger partial charge >= 0.3 is 0 Å². The Kier molecular flexibility index (Phi) is 0.478. The van der Waals surface area contributed by atoms with Crippen molar-refractivity contribution in [2.75, 3.05) is 0 Å². The first kappa shape index (κ1) is 1.10. The SMILES string of the molecule is [2H]C([2H])([2H])C(C)NC(C([2H])([2H])[2H])C([2H])([2H])[2H]. The molecule has 0 aliphatic rings. The van der Waals surface area contributed by atoms with Crippen molar-refractivity contribution in [1.82, 2.24) is 5.32 Å². The fourth-order valence-electron chi connectivity index (χ4n) is 0.250. The highest BCUT2D eigenvalue weighted by Crippen LogP contribution is 1.80. The van der Waals surface area contributed by atoms with E-state index in [1.54, 1.807) is 0 Å². The Hall–Kier alpha value is -0.0400. The quantitative estimate of drug-likeness (QED) is 0.566. The van der Waals surface area contributed by atoms with Gasteiger partial charge in [0.05, 0.1) is 0 Å². The van der Waals surface area contributed by atoms with Crippen molar-refractivity contribution in [2.45, 2.75) is 39.6 Å². The molecule has 0 fully saturated rings. The van der Waals surface area contributed by atoms with Crippen LogP contribution in [0.3, 0.4) is 0 Å². The van der Waals surface area contributed by atoms with Crippen LogP contribution in [0.1, 0.15) is 39.8 Å². The maximum Gasteiger partial charge on any atom is 0.0246 e. The largest absolute Gasteiger partial charge is 0.312 e. The third kappa shape index (κ3) is 5.96. The third-order valence-electron chi connectivity index (χ3n) is 0.417. The number of hydrogen-bond acceptors (Lipinski definition) is 1. The van der Waals surface area contributed by atoms with Crippen LogP contribution in [0.5, 0.6) is 0 Å². The van der Waals surface area contributed by atoms with Crippen LogP contribution in [-0.4, -0.2) is 12.1 Å². The zero-order chi connectivity index (χ0) is 13.4. The van der Waals surface area contributed by atoms with E-state index in [4.69, 9.17) is 12.3 Å². The molecule has 1 unspecified atom stereocenters. The predicted molar refractivity (Wildman–Crippen MR) is 33.4 cm³/mol. The molecule has 0 aromatic heterocycles. The van der Waals surface area contributed by atoms with Crippen molar-refractivity contribution in [1.29, 1.82) is 0 Å². The molecule has 0 rings (SSSR count). The first-order chi connectivity index (χ1) is 6.76. The van der Waals surface area contributed by atoms with Gasteiger partial charge in [0.25, 0.3) is 0 Å². The van der Waals surface area contributed by atoms with Crippen molar-refractivity contribution >= 4 is 0 Å². The molecule has 0 spiro atoms. The lowest BCUT2D eigenvalue weighted by molar-refractivity contribution is 0.518. The molecule has 1 N–H and O–H groups in total. The van der Waals surface area contributed by atoms with E-state index in [0.717, 1.165) is 0 Å². The van der Waals surface area contributed by atoms with Gasteiger partial charge < -0.3 is 5.32 Å². The fourth-order valence-corrected chi connectivity index (χ4v) is 0.250. The van der Waals surface area contributed by atoms with Crippen molar-refractivity contribution in [2.24, 2.45) is 0 Å². The second kappa shape index (κ2) is 3.03. The summed E-state index contributed by atoms with van der Waals surface area (Å²) in [6, 6.07) is -3.03. The second-order valence-corrected chi connectivity index (χ2v) is 1.32. The molecular weight excluding hydrogens is 86.1 g/mol.